The van der Waals surface area contributed by atoms with E-state index in [0.717, 1.165) is 37.4 Å². The van der Waals surface area contributed by atoms with E-state index in [1.54, 1.807) is 31.5 Å². The maximum Gasteiger partial charge on any atom is 0.190 e. The Balaban J connectivity index is 1.77. The van der Waals surface area contributed by atoms with Gasteiger partial charge in [-0.05, 0) is 24.6 Å². The van der Waals surface area contributed by atoms with Crippen LogP contribution in [0.25, 0.3) is 16.6 Å². The number of phenolic OH excluding ortho intramolecular Hbond substituents is 1. The molecule has 6 nitrogen and oxygen atoms in total. The normalized spacial score (nSPS) is 15.2. The van der Waals surface area contributed by atoms with Gasteiger partial charge in [0.25, 0.3) is 0 Å². The molecule has 0 spiro atoms. The molecule has 1 aromatic carbocycles. The number of phenols is 1. The van der Waals surface area contributed by atoms with Crippen LogP contribution in [-0.2, 0) is 0 Å². The third-order valence-corrected chi connectivity index (χ3v) is 4.41. The number of aromatic hydroxyl groups is 1. The van der Waals surface area contributed by atoms with Crippen molar-refractivity contribution in [2.24, 2.45) is 0 Å². The van der Waals surface area contributed by atoms with Crippen molar-refractivity contribution in [2.45, 2.75) is 6.92 Å². The highest BCUT2D eigenvalue weighted by molar-refractivity contribution is 5.82. The van der Waals surface area contributed by atoms with Crippen molar-refractivity contribution >= 4 is 16.7 Å². The van der Waals surface area contributed by atoms with Gasteiger partial charge in [0.1, 0.15) is 11.5 Å². The molecule has 2 aromatic heterocycles. The highest BCUT2D eigenvalue weighted by Crippen LogP contribution is 2.28. The SMILES string of the molecule is Cc1ccc(-n2ncc3cc(N4CCNCC4)ncc32)c(F)c1O. The highest BCUT2D eigenvalue weighted by Gasteiger charge is 2.17. The summed E-state index contributed by atoms with van der Waals surface area (Å²) in [4.78, 5) is 6.72. The second-order valence-electron chi connectivity index (χ2n) is 5.96. The van der Waals surface area contributed by atoms with E-state index in [2.05, 4.69) is 20.3 Å². The van der Waals surface area contributed by atoms with E-state index in [0.29, 0.717) is 11.1 Å². The van der Waals surface area contributed by atoms with Gasteiger partial charge in [-0.2, -0.15) is 5.10 Å². The number of fused-ring (bicyclic) bond motifs is 1. The Morgan fingerprint density at radius 1 is 1.21 bits per heavy atom. The van der Waals surface area contributed by atoms with Gasteiger partial charge in [0.15, 0.2) is 11.6 Å². The van der Waals surface area contributed by atoms with Gasteiger partial charge in [0, 0.05) is 31.6 Å². The molecule has 0 bridgehead atoms. The van der Waals surface area contributed by atoms with Gasteiger partial charge in [0.2, 0.25) is 0 Å². The van der Waals surface area contributed by atoms with Gasteiger partial charge >= 0.3 is 0 Å². The fourth-order valence-corrected chi connectivity index (χ4v) is 2.99. The van der Waals surface area contributed by atoms with Gasteiger partial charge in [0.05, 0.1) is 17.9 Å². The van der Waals surface area contributed by atoms with Gasteiger partial charge in [-0.1, -0.05) is 6.07 Å². The predicted molar refractivity (Wildman–Crippen MR) is 90.3 cm³/mol. The first-order valence-corrected chi connectivity index (χ1v) is 7.93. The molecule has 24 heavy (non-hydrogen) atoms. The van der Waals surface area contributed by atoms with Crippen LogP contribution in [-0.4, -0.2) is 46.1 Å². The summed E-state index contributed by atoms with van der Waals surface area (Å²) in [6.07, 6.45) is 3.40. The first kappa shape index (κ1) is 14.9. The van der Waals surface area contributed by atoms with E-state index in [1.165, 1.54) is 4.68 Å². The molecule has 1 saturated heterocycles. The number of nitrogens with one attached hydrogen (secondary N) is 1. The van der Waals surface area contributed by atoms with Crippen LogP contribution < -0.4 is 10.2 Å². The average Bonchev–Trinajstić information content (AvgIpc) is 3.04. The number of pyridine rings is 1. The quantitative estimate of drug-likeness (QED) is 0.753. The molecule has 1 aliphatic rings. The number of halogens is 1. The molecular weight excluding hydrogens is 309 g/mol. The minimum atomic E-state index is -0.675. The summed E-state index contributed by atoms with van der Waals surface area (Å²) in [6, 6.07) is 5.25. The van der Waals surface area contributed by atoms with Gasteiger partial charge in [-0.15, -0.1) is 0 Å². The smallest absolute Gasteiger partial charge is 0.190 e. The van der Waals surface area contributed by atoms with E-state index in [1.807, 2.05) is 6.07 Å². The number of hydrogen-bond donors (Lipinski definition) is 2. The Morgan fingerprint density at radius 3 is 2.79 bits per heavy atom. The molecule has 2 N–H and O–H groups in total. The van der Waals surface area contributed by atoms with Crippen LogP contribution in [0.4, 0.5) is 10.2 Å². The number of rotatable bonds is 2. The summed E-state index contributed by atoms with van der Waals surface area (Å²) in [5, 5.41) is 18.3. The van der Waals surface area contributed by atoms with Crippen LogP contribution in [0.3, 0.4) is 0 Å². The zero-order chi connectivity index (χ0) is 16.7. The largest absolute Gasteiger partial charge is 0.505 e. The number of piperazine rings is 1. The molecule has 124 valence electrons. The second kappa shape index (κ2) is 5.76. The molecule has 3 heterocycles. The third kappa shape index (κ3) is 2.37. The number of hydrogen-bond acceptors (Lipinski definition) is 5. The maximum atomic E-state index is 14.4. The molecule has 0 atom stereocenters. The highest BCUT2D eigenvalue weighted by atomic mass is 19.1. The van der Waals surface area contributed by atoms with E-state index in [9.17, 15) is 9.50 Å². The fourth-order valence-electron chi connectivity index (χ4n) is 2.99. The number of nitrogens with zero attached hydrogens (tertiary/aromatic N) is 4. The van der Waals surface area contributed by atoms with Crippen LogP contribution in [0, 0.1) is 12.7 Å². The van der Waals surface area contributed by atoms with Gasteiger partial charge in [-0.3, -0.25) is 0 Å². The van der Waals surface area contributed by atoms with Crippen LogP contribution in [0.2, 0.25) is 0 Å². The lowest BCUT2D eigenvalue weighted by Gasteiger charge is -2.28. The fraction of sp³-hybridized carbons (Fsp3) is 0.294. The van der Waals surface area contributed by atoms with Crippen molar-refractivity contribution in [1.82, 2.24) is 20.1 Å². The lowest BCUT2D eigenvalue weighted by molar-refractivity contribution is 0.426. The Kier molecular flexibility index (Phi) is 3.57. The van der Waals surface area contributed by atoms with Gasteiger partial charge in [-0.25, -0.2) is 14.1 Å². The molecule has 7 heteroatoms. The Morgan fingerprint density at radius 2 is 2.00 bits per heavy atom. The van der Waals surface area contributed by atoms with E-state index >= 15 is 0 Å². The Bertz CT molecular complexity index is 901. The first-order chi connectivity index (χ1) is 11.6. The third-order valence-electron chi connectivity index (χ3n) is 4.41. The van der Waals surface area contributed by atoms with E-state index in [4.69, 9.17) is 0 Å². The molecule has 1 fully saturated rings. The van der Waals surface area contributed by atoms with Crippen LogP contribution in [0.1, 0.15) is 5.56 Å². The molecular formula is C17H18FN5O. The molecule has 0 amide bonds. The molecule has 0 radical (unpaired) electrons. The molecule has 0 unspecified atom stereocenters. The molecule has 0 saturated carbocycles. The molecule has 4 rings (SSSR count). The second-order valence-corrected chi connectivity index (χ2v) is 5.96. The first-order valence-electron chi connectivity index (χ1n) is 7.93. The lowest BCUT2D eigenvalue weighted by atomic mass is 10.2. The summed E-state index contributed by atoms with van der Waals surface area (Å²) >= 11 is 0. The van der Waals surface area contributed by atoms with Crippen molar-refractivity contribution in [3.8, 4) is 11.4 Å². The van der Waals surface area contributed by atoms with Crippen LogP contribution in [0.15, 0.2) is 30.6 Å². The predicted octanol–water partition coefficient (Wildman–Crippen LogP) is 1.98. The molecule has 3 aromatic rings. The minimum Gasteiger partial charge on any atom is -0.505 e. The van der Waals surface area contributed by atoms with Crippen LogP contribution in [0.5, 0.6) is 5.75 Å². The number of aromatic nitrogens is 3. The van der Waals surface area contributed by atoms with E-state index < -0.39 is 5.82 Å². The van der Waals surface area contributed by atoms with Crippen molar-refractivity contribution in [2.75, 3.05) is 31.1 Å². The monoisotopic (exact) mass is 327 g/mol. The molecule has 1 aliphatic heterocycles. The van der Waals surface area contributed by atoms with Crippen molar-refractivity contribution in [3.63, 3.8) is 0 Å². The summed E-state index contributed by atoms with van der Waals surface area (Å²) in [6.45, 7) is 5.35. The zero-order valence-electron chi connectivity index (χ0n) is 13.3. The number of benzene rings is 1. The lowest BCUT2D eigenvalue weighted by Crippen LogP contribution is -2.43. The minimum absolute atomic E-state index is 0.213. The summed E-state index contributed by atoms with van der Waals surface area (Å²) in [5.74, 6) is -0.122. The van der Waals surface area contributed by atoms with Crippen molar-refractivity contribution in [1.29, 1.82) is 0 Å². The van der Waals surface area contributed by atoms with Crippen molar-refractivity contribution in [3.05, 3.63) is 42.0 Å². The summed E-state index contributed by atoms with van der Waals surface area (Å²) < 4.78 is 15.8. The standard InChI is InChI=1S/C17H18FN5O/c1-11-2-3-13(16(18)17(11)24)23-14-10-20-15(8-12(14)9-21-23)22-6-4-19-5-7-22/h2-3,8-10,19,24H,4-7H2,1H3. The summed E-state index contributed by atoms with van der Waals surface area (Å²) in [7, 11) is 0. The van der Waals surface area contributed by atoms with E-state index in [-0.39, 0.29) is 11.4 Å². The topological polar surface area (TPSA) is 66.2 Å². The number of aryl methyl sites for hydroxylation is 1. The summed E-state index contributed by atoms with van der Waals surface area (Å²) in [5.41, 5.74) is 1.41. The Labute approximate surface area is 138 Å². The molecule has 0 aliphatic carbocycles. The Hall–Kier alpha value is -2.67. The average molecular weight is 327 g/mol. The van der Waals surface area contributed by atoms with Crippen molar-refractivity contribution < 1.29 is 9.50 Å². The maximum absolute atomic E-state index is 14.4. The zero-order valence-corrected chi connectivity index (χ0v) is 13.3. The van der Waals surface area contributed by atoms with Crippen LogP contribution >= 0.6 is 0 Å². The number of anilines is 1. The van der Waals surface area contributed by atoms with Gasteiger partial charge < -0.3 is 15.3 Å².